The second kappa shape index (κ2) is 2.63. The lowest BCUT2D eigenvalue weighted by atomic mass is 10.2. The van der Waals surface area contributed by atoms with Gasteiger partial charge in [0, 0.05) is 0 Å². The summed E-state index contributed by atoms with van der Waals surface area (Å²) in [4.78, 5) is 4.56. The maximum absolute atomic E-state index is 12.4. The maximum Gasteiger partial charge on any atom is 0.441 e. The zero-order valence-corrected chi connectivity index (χ0v) is 7.38. The molecule has 0 saturated carbocycles. The summed E-state index contributed by atoms with van der Waals surface area (Å²) in [6.45, 7) is 1.000. The third kappa shape index (κ3) is 1.24. The maximum atomic E-state index is 12.4. The first-order chi connectivity index (χ1) is 6.45. The van der Waals surface area contributed by atoms with E-state index in [0.717, 1.165) is 12.0 Å². The average Bonchev–Trinajstić information content (AvgIpc) is 2.80. The van der Waals surface area contributed by atoms with Gasteiger partial charge < -0.3 is 0 Å². The van der Waals surface area contributed by atoms with Crippen LogP contribution in [0.25, 0.3) is 0 Å². The van der Waals surface area contributed by atoms with E-state index in [-0.39, 0.29) is 0 Å². The molecule has 1 fully saturated rings. The van der Waals surface area contributed by atoms with E-state index in [1.165, 1.54) is 0 Å². The molecule has 1 aromatic rings. The van der Waals surface area contributed by atoms with Crippen molar-refractivity contribution in [3.05, 3.63) is 30.3 Å². The van der Waals surface area contributed by atoms with Crippen LogP contribution >= 0.6 is 0 Å². The number of hydrogen-bond acceptors (Lipinski definition) is 2. The SMILES string of the molecule is C[C@]1(C(F)(F)F)ON1c1ccccc1. The van der Waals surface area contributed by atoms with E-state index in [4.69, 9.17) is 0 Å². The third-order valence-electron chi connectivity index (χ3n) is 2.14. The first-order valence-corrected chi connectivity index (χ1v) is 4.06. The van der Waals surface area contributed by atoms with Crippen LogP contribution in [0.2, 0.25) is 0 Å². The Labute approximate surface area is 78.8 Å². The van der Waals surface area contributed by atoms with E-state index < -0.39 is 11.9 Å². The molecule has 0 aromatic heterocycles. The molecule has 0 spiro atoms. The smallest absolute Gasteiger partial charge is 0.230 e. The van der Waals surface area contributed by atoms with Crippen LogP contribution in [0.1, 0.15) is 6.92 Å². The molecule has 0 aliphatic carbocycles. The Morgan fingerprint density at radius 2 is 1.79 bits per heavy atom. The highest BCUT2D eigenvalue weighted by molar-refractivity contribution is 5.50. The fraction of sp³-hybridized carbons (Fsp3) is 0.333. The second-order valence-electron chi connectivity index (χ2n) is 3.20. The Bertz CT molecular complexity index is 338. The van der Waals surface area contributed by atoms with Crippen LogP contribution in [0.4, 0.5) is 18.9 Å². The zero-order chi connectivity index (χ0) is 10.4. The van der Waals surface area contributed by atoms with Crippen molar-refractivity contribution in [2.75, 3.05) is 5.06 Å². The van der Waals surface area contributed by atoms with Gasteiger partial charge in [-0.3, -0.25) is 0 Å². The van der Waals surface area contributed by atoms with Crippen LogP contribution in [-0.2, 0) is 4.84 Å². The Hall–Kier alpha value is -1.23. The van der Waals surface area contributed by atoms with Crippen molar-refractivity contribution >= 4 is 5.69 Å². The molecule has 0 amide bonds. The molecule has 1 aromatic carbocycles. The van der Waals surface area contributed by atoms with Gasteiger partial charge in [-0.25, -0.2) is 9.90 Å². The van der Waals surface area contributed by atoms with E-state index in [9.17, 15) is 13.2 Å². The molecule has 76 valence electrons. The van der Waals surface area contributed by atoms with Crippen LogP contribution < -0.4 is 5.06 Å². The van der Waals surface area contributed by atoms with Gasteiger partial charge in [0.25, 0.3) is 5.72 Å². The lowest BCUT2D eigenvalue weighted by Gasteiger charge is -2.10. The highest BCUT2D eigenvalue weighted by Crippen LogP contribution is 2.50. The minimum atomic E-state index is -4.37. The molecule has 14 heavy (non-hydrogen) atoms. The van der Waals surface area contributed by atoms with Crippen molar-refractivity contribution in [3.8, 4) is 0 Å². The number of hydroxylamine groups is 1. The number of rotatable bonds is 1. The molecule has 0 radical (unpaired) electrons. The first kappa shape index (κ1) is 9.33. The quantitative estimate of drug-likeness (QED) is 0.652. The molecule has 1 heterocycles. The average molecular weight is 203 g/mol. The molecule has 1 atom stereocenters. The van der Waals surface area contributed by atoms with Crippen molar-refractivity contribution in [2.45, 2.75) is 18.8 Å². The van der Waals surface area contributed by atoms with Gasteiger partial charge in [-0.2, -0.15) is 13.2 Å². The monoisotopic (exact) mass is 203 g/mol. The number of hydrogen-bond donors (Lipinski definition) is 0. The fourth-order valence-electron chi connectivity index (χ4n) is 1.19. The highest BCUT2D eigenvalue weighted by Gasteiger charge is 2.70. The molecule has 5 heteroatoms. The van der Waals surface area contributed by atoms with Crippen LogP contribution in [0.3, 0.4) is 0 Å². The third-order valence-corrected chi connectivity index (χ3v) is 2.14. The number of alkyl halides is 3. The molecule has 0 unspecified atom stereocenters. The lowest BCUT2D eigenvalue weighted by molar-refractivity contribution is -0.178. The predicted molar refractivity (Wildman–Crippen MR) is 44.5 cm³/mol. The summed E-state index contributed by atoms with van der Waals surface area (Å²) in [5.74, 6) is 0. The summed E-state index contributed by atoms with van der Waals surface area (Å²) in [6, 6.07) is 8.19. The van der Waals surface area contributed by atoms with E-state index in [0.29, 0.717) is 5.69 Å². The van der Waals surface area contributed by atoms with Crippen LogP contribution in [0.5, 0.6) is 0 Å². The molecular weight excluding hydrogens is 195 g/mol. The Morgan fingerprint density at radius 3 is 2.21 bits per heavy atom. The summed E-state index contributed by atoms with van der Waals surface area (Å²) < 4.78 is 37.2. The van der Waals surface area contributed by atoms with Gasteiger partial charge in [0.15, 0.2) is 0 Å². The van der Waals surface area contributed by atoms with Gasteiger partial charge >= 0.3 is 6.18 Å². The van der Waals surface area contributed by atoms with Gasteiger partial charge in [-0.1, -0.05) is 18.2 Å². The van der Waals surface area contributed by atoms with Crippen molar-refractivity contribution < 1.29 is 18.0 Å². The van der Waals surface area contributed by atoms with Crippen molar-refractivity contribution in [1.29, 1.82) is 0 Å². The van der Waals surface area contributed by atoms with Crippen molar-refractivity contribution in [1.82, 2.24) is 0 Å². The topological polar surface area (TPSA) is 15.5 Å². The second-order valence-corrected chi connectivity index (χ2v) is 3.20. The fourth-order valence-corrected chi connectivity index (χ4v) is 1.19. The van der Waals surface area contributed by atoms with Gasteiger partial charge in [0.2, 0.25) is 0 Å². The number of halogens is 3. The Kier molecular flexibility index (Phi) is 1.75. The number of benzene rings is 1. The number of anilines is 1. The highest BCUT2D eigenvalue weighted by atomic mass is 19.4. The van der Waals surface area contributed by atoms with Gasteiger partial charge in [0.05, 0.1) is 5.69 Å². The number of nitrogens with zero attached hydrogens (tertiary/aromatic N) is 1. The van der Waals surface area contributed by atoms with E-state index >= 15 is 0 Å². The predicted octanol–water partition coefficient (Wildman–Crippen LogP) is 2.72. The molecular formula is C9H8F3NO. The molecule has 2 rings (SSSR count). The molecule has 2 nitrogen and oxygen atoms in total. The molecule has 1 aliphatic rings. The molecule has 1 saturated heterocycles. The van der Waals surface area contributed by atoms with Gasteiger partial charge in [-0.05, 0) is 19.1 Å². The van der Waals surface area contributed by atoms with Crippen LogP contribution in [-0.4, -0.2) is 11.9 Å². The van der Waals surface area contributed by atoms with Gasteiger partial charge in [0.1, 0.15) is 0 Å². The molecule has 0 bridgehead atoms. The van der Waals surface area contributed by atoms with Crippen LogP contribution in [0, 0.1) is 0 Å². The molecule has 0 N–H and O–H groups in total. The Morgan fingerprint density at radius 1 is 1.21 bits per heavy atom. The van der Waals surface area contributed by atoms with Crippen LogP contribution in [0.15, 0.2) is 30.3 Å². The number of para-hydroxylation sites is 1. The van der Waals surface area contributed by atoms with E-state index in [1.807, 2.05) is 0 Å². The summed E-state index contributed by atoms with van der Waals surface area (Å²) in [7, 11) is 0. The normalized spacial score (nSPS) is 26.4. The summed E-state index contributed by atoms with van der Waals surface area (Å²) in [5.41, 5.74) is -1.75. The molecule has 1 aliphatic heterocycles. The van der Waals surface area contributed by atoms with E-state index in [1.54, 1.807) is 30.3 Å². The minimum absolute atomic E-state index is 0.410. The van der Waals surface area contributed by atoms with Gasteiger partial charge in [-0.15, -0.1) is 0 Å². The standard InChI is InChI=1S/C9H8F3NO/c1-8(9(10,11)12)13(14-8)7-5-3-2-4-6-7/h2-6H,1H3/t8-,13?/m1/s1. The Balaban J connectivity index is 2.21. The summed E-state index contributed by atoms with van der Waals surface area (Å²) >= 11 is 0. The van der Waals surface area contributed by atoms with Crippen molar-refractivity contribution in [2.24, 2.45) is 0 Å². The van der Waals surface area contributed by atoms with Crippen molar-refractivity contribution in [3.63, 3.8) is 0 Å². The first-order valence-electron chi connectivity index (χ1n) is 4.06. The minimum Gasteiger partial charge on any atom is -0.230 e. The zero-order valence-electron chi connectivity index (χ0n) is 7.38. The van der Waals surface area contributed by atoms with E-state index in [2.05, 4.69) is 4.84 Å². The summed E-state index contributed by atoms with van der Waals surface area (Å²) in [5, 5.41) is 0.854. The lowest BCUT2D eigenvalue weighted by Crippen LogP contribution is -2.33. The largest absolute Gasteiger partial charge is 0.441 e. The summed E-state index contributed by atoms with van der Waals surface area (Å²) in [6.07, 6.45) is -4.37.